The highest BCUT2D eigenvalue weighted by atomic mass is 32.2. The SMILES string of the molecule is CCCNCc1cc(S(=O)(=O)NCc2ccc(C)s2)cs1. The van der Waals surface area contributed by atoms with Crippen LogP contribution in [0.4, 0.5) is 0 Å². The van der Waals surface area contributed by atoms with Crippen LogP contribution >= 0.6 is 22.7 Å². The number of rotatable bonds is 8. The number of hydrogen-bond acceptors (Lipinski definition) is 5. The van der Waals surface area contributed by atoms with E-state index in [0.717, 1.165) is 29.3 Å². The molecule has 0 fully saturated rings. The largest absolute Gasteiger partial charge is 0.312 e. The summed E-state index contributed by atoms with van der Waals surface area (Å²) in [7, 11) is -3.42. The van der Waals surface area contributed by atoms with Gasteiger partial charge in [0, 0.05) is 33.1 Å². The summed E-state index contributed by atoms with van der Waals surface area (Å²) < 4.78 is 27.1. The molecule has 116 valence electrons. The molecule has 0 aromatic carbocycles. The lowest BCUT2D eigenvalue weighted by atomic mass is 10.4. The van der Waals surface area contributed by atoms with Crippen LogP contribution in [0.15, 0.2) is 28.5 Å². The minimum atomic E-state index is -3.42. The number of sulfonamides is 1. The van der Waals surface area contributed by atoms with Gasteiger partial charge in [0.05, 0.1) is 4.90 Å². The van der Waals surface area contributed by atoms with Crippen molar-refractivity contribution in [2.75, 3.05) is 6.54 Å². The summed E-state index contributed by atoms with van der Waals surface area (Å²) in [5.41, 5.74) is 0. The zero-order valence-corrected chi connectivity index (χ0v) is 14.6. The van der Waals surface area contributed by atoms with Crippen LogP contribution in [0.25, 0.3) is 0 Å². The number of nitrogens with one attached hydrogen (secondary N) is 2. The van der Waals surface area contributed by atoms with Gasteiger partial charge in [-0.25, -0.2) is 13.1 Å². The van der Waals surface area contributed by atoms with Crippen LogP contribution in [0.1, 0.15) is 28.0 Å². The zero-order chi connectivity index (χ0) is 15.3. The average Bonchev–Trinajstić information content (AvgIpc) is 3.06. The molecule has 2 heterocycles. The highest BCUT2D eigenvalue weighted by Crippen LogP contribution is 2.20. The molecule has 0 aliphatic rings. The van der Waals surface area contributed by atoms with E-state index in [-0.39, 0.29) is 0 Å². The first-order chi connectivity index (χ1) is 10.0. The normalized spacial score (nSPS) is 11.9. The quantitative estimate of drug-likeness (QED) is 0.724. The van der Waals surface area contributed by atoms with Gasteiger partial charge in [0.15, 0.2) is 0 Å². The molecule has 0 saturated carbocycles. The molecule has 0 aliphatic carbocycles. The van der Waals surface area contributed by atoms with Crippen LogP contribution in [0.2, 0.25) is 0 Å². The maximum Gasteiger partial charge on any atom is 0.241 e. The van der Waals surface area contributed by atoms with Gasteiger partial charge in [0.2, 0.25) is 10.0 Å². The number of aryl methyl sites for hydroxylation is 1. The van der Waals surface area contributed by atoms with Crippen molar-refractivity contribution in [2.45, 2.75) is 38.3 Å². The number of hydrogen-bond donors (Lipinski definition) is 2. The molecule has 0 aliphatic heterocycles. The lowest BCUT2D eigenvalue weighted by Crippen LogP contribution is -2.22. The second kappa shape index (κ2) is 7.51. The van der Waals surface area contributed by atoms with E-state index in [0.29, 0.717) is 11.4 Å². The summed E-state index contributed by atoms with van der Waals surface area (Å²) in [6, 6.07) is 5.70. The first-order valence-electron chi connectivity index (χ1n) is 6.84. The molecule has 0 saturated heterocycles. The van der Waals surface area contributed by atoms with Gasteiger partial charge in [0.1, 0.15) is 0 Å². The standard InChI is InChI=1S/C14H20N2O2S3/c1-3-6-15-8-13-7-14(10-19-13)21(17,18)16-9-12-5-4-11(2)20-12/h4-5,7,10,15-16H,3,6,8-9H2,1-2H3. The van der Waals surface area contributed by atoms with Crippen LogP contribution < -0.4 is 10.0 Å². The van der Waals surface area contributed by atoms with E-state index in [1.807, 2.05) is 19.1 Å². The smallest absolute Gasteiger partial charge is 0.241 e. The van der Waals surface area contributed by atoms with Gasteiger partial charge >= 0.3 is 0 Å². The lowest BCUT2D eigenvalue weighted by molar-refractivity contribution is 0.582. The van der Waals surface area contributed by atoms with Crippen LogP contribution in [0.5, 0.6) is 0 Å². The van der Waals surface area contributed by atoms with E-state index in [4.69, 9.17) is 0 Å². The summed E-state index contributed by atoms with van der Waals surface area (Å²) in [5.74, 6) is 0. The van der Waals surface area contributed by atoms with Gasteiger partial charge in [-0.15, -0.1) is 22.7 Å². The Morgan fingerprint density at radius 2 is 2.00 bits per heavy atom. The molecule has 4 nitrogen and oxygen atoms in total. The second-order valence-electron chi connectivity index (χ2n) is 4.76. The maximum atomic E-state index is 12.2. The molecule has 0 unspecified atom stereocenters. The Hall–Kier alpha value is -0.730. The van der Waals surface area contributed by atoms with Crippen LogP contribution in [0.3, 0.4) is 0 Å². The van der Waals surface area contributed by atoms with Gasteiger partial charge in [0.25, 0.3) is 0 Å². The fourth-order valence-electron chi connectivity index (χ4n) is 1.81. The van der Waals surface area contributed by atoms with Gasteiger partial charge in [-0.05, 0) is 38.1 Å². The maximum absolute atomic E-state index is 12.2. The molecular formula is C14H20N2O2S3. The Morgan fingerprint density at radius 1 is 1.19 bits per heavy atom. The first-order valence-corrected chi connectivity index (χ1v) is 10.0. The van der Waals surface area contributed by atoms with Crippen molar-refractivity contribution in [1.29, 1.82) is 0 Å². The fourth-order valence-corrected chi connectivity index (χ4v) is 4.98. The molecule has 0 spiro atoms. The summed E-state index contributed by atoms with van der Waals surface area (Å²) in [5, 5.41) is 4.97. The first kappa shape index (κ1) is 16.6. The van der Waals surface area contributed by atoms with Crippen LogP contribution in [-0.2, 0) is 23.1 Å². The van der Waals surface area contributed by atoms with Gasteiger partial charge in [-0.2, -0.15) is 0 Å². The highest BCUT2D eigenvalue weighted by molar-refractivity contribution is 7.89. The fraction of sp³-hybridized carbons (Fsp3) is 0.429. The zero-order valence-electron chi connectivity index (χ0n) is 12.2. The molecule has 2 aromatic heterocycles. The molecule has 2 rings (SSSR count). The van der Waals surface area contributed by atoms with Crippen LogP contribution in [-0.4, -0.2) is 15.0 Å². The van der Waals surface area contributed by atoms with E-state index >= 15 is 0 Å². The molecule has 0 atom stereocenters. The Balaban J connectivity index is 1.95. The average molecular weight is 345 g/mol. The van der Waals surface area contributed by atoms with Crippen LogP contribution in [0, 0.1) is 6.92 Å². The van der Waals surface area contributed by atoms with Crippen molar-refractivity contribution in [1.82, 2.24) is 10.0 Å². The van der Waals surface area contributed by atoms with E-state index < -0.39 is 10.0 Å². The van der Waals surface area contributed by atoms with E-state index in [1.165, 1.54) is 16.2 Å². The lowest BCUT2D eigenvalue weighted by Gasteiger charge is -2.03. The molecule has 0 amide bonds. The summed E-state index contributed by atoms with van der Waals surface area (Å²) in [6.45, 7) is 6.12. The summed E-state index contributed by atoms with van der Waals surface area (Å²) >= 11 is 3.08. The summed E-state index contributed by atoms with van der Waals surface area (Å²) in [6.07, 6.45) is 1.07. The third kappa shape index (κ3) is 4.89. The molecule has 2 aromatic rings. The Morgan fingerprint density at radius 3 is 2.67 bits per heavy atom. The highest BCUT2D eigenvalue weighted by Gasteiger charge is 2.16. The number of thiophene rings is 2. The Labute approximate surface area is 134 Å². The molecule has 21 heavy (non-hydrogen) atoms. The molecule has 0 radical (unpaired) electrons. The van der Waals surface area contributed by atoms with E-state index in [9.17, 15) is 8.42 Å². The minimum Gasteiger partial charge on any atom is -0.312 e. The van der Waals surface area contributed by atoms with Crippen molar-refractivity contribution < 1.29 is 8.42 Å². The van der Waals surface area contributed by atoms with Crippen molar-refractivity contribution >= 4 is 32.7 Å². The van der Waals surface area contributed by atoms with E-state index in [1.54, 1.807) is 22.8 Å². The third-order valence-corrected chi connectivity index (χ3v) is 6.37. The van der Waals surface area contributed by atoms with Gasteiger partial charge in [-0.3, -0.25) is 0 Å². The Kier molecular flexibility index (Phi) is 5.95. The predicted molar refractivity (Wildman–Crippen MR) is 89.4 cm³/mol. The topological polar surface area (TPSA) is 58.2 Å². The van der Waals surface area contributed by atoms with Crippen molar-refractivity contribution in [3.63, 3.8) is 0 Å². The van der Waals surface area contributed by atoms with Crippen molar-refractivity contribution in [3.05, 3.63) is 38.2 Å². The van der Waals surface area contributed by atoms with Gasteiger partial charge < -0.3 is 5.32 Å². The molecular weight excluding hydrogens is 324 g/mol. The van der Waals surface area contributed by atoms with E-state index in [2.05, 4.69) is 17.0 Å². The van der Waals surface area contributed by atoms with Gasteiger partial charge in [-0.1, -0.05) is 6.92 Å². The second-order valence-corrected chi connectivity index (χ2v) is 8.90. The monoisotopic (exact) mass is 344 g/mol. The van der Waals surface area contributed by atoms with Crippen molar-refractivity contribution in [3.8, 4) is 0 Å². The molecule has 7 heteroatoms. The molecule has 2 N–H and O–H groups in total. The minimum absolute atomic E-state index is 0.347. The van der Waals surface area contributed by atoms with Crippen molar-refractivity contribution in [2.24, 2.45) is 0 Å². The third-order valence-electron chi connectivity index (χ3n) is 2.90. The molecule has 0 bridgehead atoms. The Bertz CT molecular complexity index is 674. The predicted octanol–water partition coefficient (Wildman–Crippen LogP) is 3.10. The summed E-state index contributed by atoms with van der Waals surface area (Å²) in [4.78, 5) is 3.60.